The fourth-order valence-electron chi connectivity index (χ4n) is 2.64. The minimum atomic E-state index is 0.143. The van der Waals surface area contributed by atoms with Gasteiger partial charge in [0.1, 0.15) is 0 Å². The zero-order valence-electron chi connectivity index (χ0n) is 11.6. The van der Waals surface area contributed by atoms with E-state index in [0.29, 0.717) is 0 Å². The molecule has 3 aromatic rings. The average molecular weight is 277 g/mol. The SMILES string of the molecule is Cc1ccc(C2NNc3ccc(-n4ccnn4)cc32)cc1. The van der Waals surface area contributed by atoms with Crippen LogP contribution in [0.1, 0.15) is 22.7 Å². The number of fused-ring (bicyclic) bond motifs is 1. The normalized spacial score (nSPS) is 16.5. The van der Waals surface area contributed by atoms with Crippen LogP contribution in [0.5, 0.6) is 0 Å². The maximum Gasteiger partial charge on any atom is 0.0781 e. The highest BCUT2D eigenvalue weighted by molar-refractivity contribution is 5.62. The summed E-state index contributed by atoms with van der Waals surface area (Å²) in [5, 5.41) is 7.91. The van der Waals surface area contributed by atoms with Gasteiger partial charge in [-0.2, -0.15) is 0 Å². The van der Waals surface area contributed by atoms with Crippen LogP contribution in [0.3, 0.4) is 0 Å². The van der Waals surface area contributed by atoms with Crippen LogP contribution in [-0.2, 0) is 0 Å². The Balaban J connectivity index is 1.76. The molecule has 0 saturated carbocycles. The van der Waals surface area contributed by atoms with Crippen molar-refractivity contribution in [3.63, 3.8) is 0 Å². The van der Waals surface area contributed by atoms with E-state index in [2.05, 4.69) is 64.5 Å². The number of hydrazine groups is 1. The van der Waals surface area contributed by atoms with Gasteiger partial charge >= 0.3 is 0 Å². The molecule has 21 heavy (non-hydrogen) atoms. The first kappa shape index (κ1) is 12.1. The van der Waals surface area contributed by atoms with Crippen molar-refractivity contribution >= 4 is 5.69 Å². The lowest BCUT2D eigenvalue weighted by molar-refractivity contribution is 0.726. The molecule has 1 atom stereocenters. The molecule has 0 amide bonds. The number of hydrogen-bond acceptors (Lipinski definition) is 4. The molecule has 2 N–H and O–H groups in total. The van der Waals surface area contributed by atoms with Crippen LogP contribution < -0.4 is 10.9 Å². The predicted molar refractivity (Wildman–Crippen MR) is 81.1 cm³/mol. The molecule has 1 aliphatic rings. The Bertz CT molecular complexity index is 762. The van der Waals surface area contributed by atoms with Gasteiger partial charge in [-0.25, -0.2) is 10.1 Å². The summed E-state index contributed by atoms with van der Waals surface area (Å²) in [6.07, 6.45) is 3.53. The molecule has 104 valence electrons. The zero-order valence-corrected chi connectivity index (χ0v) is 11.6. The minimum absolute atomic E-state index is 0.143. The van der Waals surface area contributed by atoms with Gasteiger partial charge in [0, 0.05) is 5.56 Å². The van der Waals surface area contributed by atoms with Crippen LogP contribution in [-0.4, -0.2) is 15.0 Å². The quantitative estimate of drug-likeness (QED) is 0.756. The number of aromatic nitrogens is 3. The lowest BCUT2D eigenvalue weighted by Crippen LogP contribution is -2.19. The van der Waals surface area contributed by atoms with E-state index in [0.717, 1.165) is 11.4 Å². The van der Waals surface area contributed by atoms with E-state index in [4.69, 9.17) is 0 Å². The molecular formula is C16H15N5. The lowest BCUT2D eigenvalue weighted by atomic mass is 9.98. The fraction of sp³-hybridized carbons (Fsp3) is 0.125. The van der Waals surface area contributed by atoms with E-state index in [1.54, 1.807) is 10.9 Å². The first-order valence-electron chi connectivity index (χ1n) is 6.90. The van der Waals surface area contributed by atoms with Gasteiger partial charge in [-0.15, -0.1) is 5.10 Å². The highest BCUT2D eigenvalue weighted by atomic mass is 15.4. The van der Waals surface area contributed by atoms with Gasteiger partial charge in [-0.1, -0.05) is 35.0 Å². The average Bonchev–Trinajstić information content (AvgIpc) is 3.17. The Labute approximate surface area is 122 Å². The molecule has 1 aromatic heterocycles. The number of benzene rings is 2. The van der Waals surface area contributed by atoms with E-state index < -0.39 is 0 Å². The van der Waals surface area contributed by atoms with Crippen LogP contribution in [0.25, 0.3) is 5.69 Å². The van der Waals surface area contributed by atoms with Crippen LogP contribution in [0.4, 0.5) is 5.69 Å². The van der Waals surface area contributed by atoms with E-state index >= 15 is 0 Å². The molecule has 0 radical (unpaired) electrons. The fourth-order valence-corrected chi connectivity index (χ4v) is 2.64. The van der Waals surface area contributed by atoms with E-state index in [-0.39, 0.29) is 6.04 Å². The summed E-state index contributed by atoms with van der Waals surface area (Å²) < 4.78 is 1.77. The van der Waals surface area contributed by atoms with E-state index in [9.17, 15) is 0 Å². The number of nitrogens with zero attached hydrogens (tertiary/aromatic N) is 3. The van der Waals surface area contributed by atoms with Gasteiger partial charge < -0.3 is 5.43 Å². The molecule has 2 aromatic carbocycles. The lowest BCUT2D eigenvalue weighted by Gasteiger charge is -2.12. The number of rotatable bonds is 2. The summed E-state index contributed by atoms with van der Waals surface area (Å²) in [4.78, 5) is 0. The predicted octanol–water partition coefficient (Wildman–Crippen LogP) is 2.60. The van der Waals surface area contributed by atoms with Gasteiger partial charge in [-0.3, -0.25) is 0 Å². The van der Waals surface area contributed by atoms with Crippen molar-refractivity contribution in [3.05, 3.63) is 71.5 Å². The van der Waals surface area contributed by atoms with Crippen LogP contribution >= 0.6 is 0 Å². The van der Waals surface area contributed by atoms with Gasteiger partial charge in [0.25, 0.3) is 0 Å². The third-order valence-corrected chi connectivity index (χ3v) is 3.80. The molecule has 0 aliphatic carbocycles. The monoisotopic (exact) mass is 277 g/mol. The molecule has 4 rings (SSSR count). The van der Waals surface area contributed by atoms with Gasteiger partial charge in [0.05, 0.1) is 29.8 Å². The standard InChI is InChI=1S/C16H15N5/c1-11-2-4-12(5-3-11)16-14-10-13(21-9-8-17-20-21)6-7-15(14)18-19-16/h2-10,16,18-19H,1H3. The highest BCUT2D eigenvalue weighted by Gasteiger charge is 2.23. The molecule has 5 nitrogen and oxygen atoms in total. The second-order valence-corrected chi connectivity index (χ2v) is 5.23. The molecule has 1 unspecified atom stereocenters. The molecule has 0 spiro atoms. The third kappa shape index (κ3) is 2.08. The number of hydrogen-bond donors (Lipinski definition) is 2. The first-order valence-corrected chi connectivity index (χ1v) is 6.90. The Morgan fingerprint density at radius 1 is 1.10 bits per heavy atom. The molecule has 5 heteroatoms. The Hall–Kier alpha value is -2.66. The van der Waals surface area contributed by atoms with Gasteiger partial charge in [-0.05, 0) is 30.7 Å². The summed E-state index contributed by atoms with van der Waals surface area (Å²) >= 11 is 0. The van der Waals surface area contributed by atoms with Crippen molar-refractivity contribution < 1.29 is 0 Å². The van der Waals surface area contributed by atoms with E-state index in [1.165, 1.54) is 16.7 Å². The number of anilines is 1. The minimum Gasteiger partial charge on any atom is -0.320 e. The van der Waals surface area contributed by atoms with E-state index in [1.807, 2.05) is 12.3 Å². The maximum atomic E-state index is 4.05. The smallest absolute Gasteiger partial charge is 0.0781 e. The second kappa shape index (κ2) is 4.71. The molecule has 0 saturated heterocycles. The van der Waals surface area contributed by atoms with Crippen LogP contribution in [0.2, 0.25) is 0 Å². The molecule has 1 aliphatic heterocycles. The summed E-state index contributed by atoms with van der Waals surface area (Å²) in [6.45, 7) is 2.10. The van der Waals surface area contributed by atoms with Gasteiger partial charge in [0.15, 0.2) is 0 Å². The van der Waals surface area contributed by atoms with Crippen molar-refractivity contribution in [2.45, 2.75) is 13.0 Å². The largest absolute Gasteiger partial charge is 0.320 e. The first-order chi connectivity index (χ1) is 10.3. The summed E-state index contributed by atoms with van der Waals surface area (Å²) in [6, 6.07) is 15.0. The zero-order chi connectivity index (χ0) is 14.2. The van der Waals surface area contributed by atoms with Crippen LogP contribution in [0.15, 0.2) is 54.9 Å². The molecule has 0 fully saturated rings. The van der Waals surface area contributed by atoms with Crippen molar-refractivity contribution in [1.82, 2.24) is 20.4 Å². The molecular weight excluding hydrogens is 262 g/mol. The maximum absolute atomic E-state index is 4.05. The van der Waals surface area contributed by atoms with Crippen molar-refractivity contribution in [2.75, 3.05) is 5.43 Å². The third-order valence-electron chi connectivity index (χ3n) is 3.80. The summed E-state index contributed by atoms with van der Waals surface area (Å²) in [5.74, 6) is 0. The highest BCUT2D eigenvalue weighted by Crippen LogP contribution is 2.34. The van der Waals surface area contributed by atoms with Gasteiger partial charge in [0.2, 0.25) is 0 Å². The summed E-state index contributed by atoms with van der Waals surface area (Å²) in [7, 11) is 0. The summed E-state index contributed by atoms with van der Waals surface area (Å²) in [5.41, 5.74) is 12.4. The molecule has 2 heterocycles. The molecule has 0 bridgehead atoms. The number of aryl methyl sites for hydroxylation is 1. The van der Waals surface area contributed by atoms with Crippen molar-refractivity contribution in [1.29, 1.82) is 0 Å². The Morgan fingerprint density at radius 3 is 2.71 bits per heavy atom. The number of nitrogens with one attached hydrogen (secondary N) is 2. The van der Waals surface area contributed by atoms with Crippen LogP contribution in [0, 0.1) is 6.92 Å². The Morgan fingerprint density at radius 2 is 1.95 bits per heavy atom. The van der Waals surface area contributed by atoms with Crippen molar-refractivity contribution in [3.8, 4) is 5.69 Å². The Kier molecular flexibility index (Phi) is 2.72. The van der Waals surface area contributed by atoms with Crippen molar-refractivity contribution in [2.24, 2.45) is 0 Å². The topological polar surface area (TPSA) is 54.8 Å². The second-order valence-electron chi connectivity index (χ2n) is 5.23.